The number of hydrogen-bond donors (Lipinski definition) is 1. The number of benzene rings is 1. The minimum atomic E-state index is 1.02. The lowest BCUT2D eigenvalue weighted by atomic mass is 10.1. The topological polar surface area (TPSA) is 15.3 Å². The van der Waals surface area contributed by atoms with Crippen LogP contribution >= 0.6 is 0 Å². The first kappa shape index (κ1) is 10.0. The first-order valence-corrected chi connectivity index (χ1v) is 5.24. The fraction of sp³-hybridized carbons (Fsp3) is 0.308. The maximum atomic E-state index is 3.77. The molecule has 1 saturated heterocycles. The zero-order valence-electron chi connectivity index (χ0n) is 8.79. The molecule has 1 heterocycles. The monoisotopic (exact) mass is 199 g/mol. The van der Waals surface area contributed by atoms with Gasteiger partial charge in [-0.3, -0.25) is 0 Å². The van der Waals surface area contributed by atoms with Gasteiger partial charge >= 0.3 is 0 Å². The molecule has 1 N–H and O–H groups in total. The van der Waals surface area contributed by atoms with Crippen LogP contribution in [-0.4, -0.2) is 31.1 Å². The minimum absolute atomic E-state index is 1.02. The van der Waals surface area contributed by atoms with E-state index in [0.717, 1.165) is 37.4 Å². The molecule has 2 rings (SSSR count). The van der Waals surface area contributed by atoms with Gasteiger partial charge in [0.1, 0.15) is 0 Å². The van der Waals surface area contributed by atoms with Crippen molar-refractivity contribution in [3.8, 4) is 0 Å². The number of hydrogen-bond acceptors (Lipinski definition) is 2. The van der Waals surface area contributed by atoms with E-state index in [1.807, 2.05) is 18.2 Å². The molecule has 0 saturated carbocycles. The average molecular weight is 199 g/mol. The second kappa shape index (κ2) is 4.83. The van der Waals surface area contributed by atoms with Crippen molar-refractivity contribution < 1.29 is 0 Å². The Morgan fingerprint density at radius 1 is 1.47 bits per heavy atom. The zero-order chi connectivity index (χ0) is 10.5. The molecule has 77 valence electrons. The number of rotatable bonds is 2. The van der Waals surface area contributed by atoms with Gasteiger partial charge in [0.2, 0.25) is 0 Å². The molecule has 0 spiro atoms. The second-order valence-electron chi connectivity index (χ2n) is 3.55. The lowest BCUT2D eigenvalue weighted by molar-refractivity contribution is 0.341. The Bertz CT molecular complexity index is 357. The Morgan fingerprint density at radius 2 is 2.27 bits per heavy atom. The van der Waals surface area contributed by atoms with E-state index in [0.29, 0.717) is 0 Å². The molecule has 0 bridgehead atoms. The van der Waals surface area contributed by atoms with Crippen molar-refractivity contribution in [2.45, 2.75) is 0 Å². The molecule has 1 aliphatic heterocycles. The second-order valence-corrected chi connectivity index (χ2v) is 3.55. The summed E-state index contributed by atoms with van der Waals surface area (Å²) >= 11 is 0. The van der Waals surface area contributed by atoms with E-state index in [1.165, 1.54) is 0 Å². The molecule has 1 fully saturated rings. The van der Waals surface area contributed by atoms with Crippen LogP contribution in [-0.2, 0) is 0 Å². The van der Waals surface area contributed by atoms with Crippen LogP contribution in [0.3, 0.4) is 0 Å². The molecule has 0 aliphatic carbocycles. The molecule has 0 atom stereocenters. The van der Waals surface area contributed by atoms with Gasteiger partial charge < -0.3 is 10.2 Å². The van der Waals surface area contributed by atoms with Crippen LogP contribution in [0.5, 0.6) is 0 Å². The number of piperazine rings is 1. The predicted molar refractivity (Wildman–Crippen MR) is 62.3 cm³/mol. The standard InChI is InChI=1S/C13H15N2/c1-2-13(12-6-4-3-5-7-12)15-10-8-14-9-11-15/h3-4,6-7,14H,1,8-11H2. The molecule has 15 heavy (non-hydrogen) atoms. The summed E-state index contributed by atoms with van der Waals surface area (Å²) in [5.41, 5.74) is 5.27. The fourth-order valence-corrected chi connectivity index (χ4v) is 1.83. The normalized spacial score (nSPS) is 15.9. The van der Waals surface area contributed by atoms with E-state index < -0.39 is 0 Å². The predicted octanol–water partition coefficient (Wildman–Crippen LogP) is 1.52. The van der Waals surface area contributed by atoms with Crippen LogP contribution in [0.15, 0.2) is 36.6 Å². The van der Waals surface area contributed by atoms with Crippen LogP contribution in [0.1, 0.15) is 5.56 Å². The van der Waals surface area contributed by atoms with Gasteiger partial charge in [0.05, 0.1) is 5.70 Å². The largest absolute Gasteiger partial charge is 0.362 e. The summed E-state index contributed by atoms with van der Waals surface area (Å²) in [7, 11) is 0. The van der Waals surface area contributed by atoms with Crippen LogP contribution in [0.25, 0.3) is 5.70 Å². The molecule has 1 aliphatic rings. The molecular weight excluding hydrogens is 184 g/mol. The van der Waals surface area contributed by atoms with E-state index >= 15 is 0 Å². The number of nitrogens with one attached hydrogen (secondary N) is 1. The molecule has 1 aromatic carbocycles. The van der Waals surface area contributed by atoms with Crippen molar-refractivity contribution in [2.75, 3.05) is 26.2 Å². The molecule has 0 amide bonds. The van der Waals surface area contributed by atoms with Crippen molar-refractivity contribution in [3.05, 3.63) is 48.2 Å². The fourth-order valence-electron chi connectivity index (χ4n) is 1.83. The first-order chi connectivity index (χ1) is 7.42. The van der Waals surface area contributed by atoms with Gasteiger partial charge in [0.15, 0.2) is 0 Å². The van der Waals surface area contributed by atoms with Gasteiger partial charge in [-0.25, -0.2) is 0 Å². The Balaban J connectivity index is 2.21. The van der Waals surface area contributed by atoms with Gasteiger partial charge in [-0.1, -0.05) is 24.8 Å². The molecule has 1 radical (unpaired) electrons. The summed E-state index contributed by atoms with van der Waals surface area (Å²) in [6.45, 7) is 7.87. The summed E-state index contributed by atoms with van der Waals surface area (Å²) < 4.78 is 0. The van der Waals surface area contributed by atoms with Crippen LogP contribution in [0.2, 0.25) is 0 Å². The van der Waals surface area contributed by atoms with Gasteiger partial charge in [0, 0.05) is 31.7 Å². The van der Waals surface area contributed by atoms with Gasteiger partial charge in [-0.2, -0.15) is 0 Å². The Kier molecular flexibility index (Phi) is 3.23. The quantitative estimate of drug-likeness (QED) is 0.726. The van der Waals surface area contributed by atoms with Crippen molar-refractivity contribution in [1.82, 2.24) is 10.2 Å². The van der Waals surface area contributed by atoms with Crippen molar-refractivity contribution in [2.24, 2.45) is 0 Å². The van der Waals surface area contributed by atoms with Crippen LogP contribution < -0.4 is 5.32 Å². The lowest BCUT2D eigenvalue weighted by Gasteiger charge is -2.30. The summed E-state index contributed by atoms with van der Waals surface area (Å²) in [5.74, 6) is 0. The summed E-state index contributed by atoms with van der Waals surface area (Å²) in [5, 5.41) is 3.33. The van der Waals surface area contributed by atoms with E-state index in [1.54, 1.807) is 0 Å². The first-order valence-electron chi connectivity index (χ1n) is 5.24. The zero-order valence-corrected chi connectivity index (χ0v) is 8.79. The smallest absolute Gasteiger partial charge is 0.0868 e. The molecule has 0 unspecified atom stereocenters. The summed E-state index contributed by atoms with van der Waals surface area (Å²) in [4.78, 5) is 2.31. The molecule has 0 aromatic heterocycles. The van der Waals surface area contributed by atoms with E-state index in [2.05, 4.69) is 34.7 Å². The van der Waals surface area contributed by atoms with Gasteiger partial charge in [-0.15, -0.1) is 5.73 Å². The highest BCUT2D eigenvalue weighted by atomic mass is 15.2. The molecule has 2 nitrogen and oxygen atoms in total. The number of nitrogens with zero attached hydrogens (tertiary/aromatic N) is 1. The SMILES string of the molecule is C=C=C(c1c[c]ccc1)N1CCNCC1. The minimum Gasteiger partial charge on any atom is -0.362 e. The van der Waals surface area contributed by atoms with Crippen LogP contribution in [0, 0.1) is 6.07 Å². The van der Waals surface area contributed by atoms with E-state index in [4.69, 9.17) is 0 Å². The summed E-state index contributed by atoms with van der Waals surface area (Å²) in [6.07, 6.45) is 0. The van der Waals surface area contributed by atoms with E-state index in [9.17, 15) is 0 Å². The third kappa shape index (κ3) is 2.30. The van der Waals surface area contributed by atoms with Crippen LogP contribution in [0.4, 0.5) is 0 Å². The van der Waals surface area contributed by atoms with Gasteiger partial charge in [0.25, 0.3) is 0 Å². The maximum absolute atomic E-state index is 3.77. The van der Waals surface area contributed by atoms with E-state index in [-0.39, 0.29) is 0 Å². The Hall–Kier alpha value is -1.50. The average Bonchev–Trinajstić information content (AvgIpc) is 2.33. The third-order valence-electron chi connectivity index (χ3n) is 2.58. The van der Waals surface area contributed by atoms with Crippen molar-refractivity contribution in [1.29, 1.82) is 0 Å². The van der Waals surface area contributed by atoms with Gasteiger partial charge in [-0.05, 0) is 12.1 Å². The third-order valence-corrected chi connectivity index (χ3v) is 2.58. The lowest BCUT2D eigenvalue weighted by Crippen LogP contribution is -2.42. The molecule has 1 aromatic rings. The highest BCUT2D eigenvalue weighted by Gasteiger charge is 2.13. The van der Waals surface area contributed by atoms with Crippen molar-refractivity contribution >= 4 is 5.70 Å². The summed E-state index contributed by atoms with van der Waals surface area (Å²) in [6, 6.07) is 11.0. The molecule has 2 heteroatoms. The molecular formula is C13H15N2. The van der Waals surface area contributed by atoms with Crippen molar-refractivity contribution in [3.63, 3.8) is 0 Å². The maximum Gasteiger partial charge on any atom is 0.0868 e. The Morgan fingerprint density at radius 3 is 2.87 bits per heavy atom. The Labute approximate surface area is 90.9 Å². The highest BCUT2D eigenvalue weighted by molar-refractivity contribution is 5.63. The highest BCUT2D eigenvalue weighted by Crippen LogP contribution is 2.17.